The van der Waals surface area contributed by atoms with Gasteiger partial charge in [0.25, 0.3) is 0 Å². The van der Waals surface area contributed by atoms with Gasteiger partial charge in [-0.25, -0.2) is 4.79 Å². The summed E-state index contributed by atoms with van der Waals surface area (Å²) >= 11 is 0. The van der Waals surface area contributed by atoms with E-state index in [-0.39, 0.29) is 11.9 Å². The predicted octanol–water partition coefficient (Wildman–Crippen LogP) is 0.775. The first-order valence-electron chi connectivity index (χ1n) is 5.50. The van der Waals surface area contributed by atoms with E-state index < -0.39 is 5.97 Å². The maximum atomic E-state index is 11.9. The molecule has 1 fully saturated rings. The van der Waals surface area contributed by atoms with Crippen LogP contribution in [0.25, 0.3) is 0 Å². The molecule has 88 valence electrons. The number of likely N-dealkylation sites (tertiary alicyclic amines) is 1. The number of hydrogen-bond donors (Lipinski definition) is 1. The van der Waals surface area contributed by atoms with E-state index in [0.717, 1.165) is 13.0 Å². The van der Waals surface area contributed by atoms with Crippen LogP contribution < -0.4 is 0 Å². The van der Waals surface area contributed by atoms with Crippen LogP contribution in [0.2, 0.25) is 0 Å². The van der Waals surface area contributed by atoms with E-state index in [0.29, 0.717) is 19.6 Å². The fraction of sp³-hybridized carbons (Fsp3) is 0.636. The van der Waals surface area contributed by atoms with E-state index in [2.05, 4.69) is 13.0 Å². The zero-order chi connectivity index (χ0) is 11.7. The summed E-state index contributed by atoms with van der Waals surface area (Å²) in [6.45, 7) is 4.17. The van der Waals surface area contributed by atoms with Crippen molar-refractivity contribution >= 4 is 12.0 Å². The second-order valence-corrected chi connectivity index (χ2v) is 4.47. The van der Waals surface area contributed by atoms with Crippen molar-refractivity contribution in [3.63, 3.8) is 0 Å². The third-order valence-electron chi connectivity index (χ3n) is 3.21. The summed E-state index contributed by atoms with van der Waals surface area (Å²) in [5.41, 5.74) is 1.32. The molecular weight excluding hydrogens is 208 g/mol. The van der Waals surface area contributed by atoms with E-state index in [1.165, 1.54) is 5.57 Å². The second-order valence-electron chi connectivity index (χ2n) is 4.47. The van der Waals surface area contributed by atoms with Crippen molar-refractivity contribution in [3.8, 4) is 0 Å². The fourth-order valence-corrected chi connectivity index (χ4v) is 1.94. The molecule has 0 aliphatic carbocycles. The van der Waals surface area contributed by atoms with Crippen molar-refractivity contribution < 1.29 is 14.7 Å². The van der Waals surface area contributed by atoms with Gasteiger partial charge in [-0.15, -0.1) is 0 Å². The quantitative estimate of drug-likeness (QED) is 0.669. The summed E-state index contributed by atoms with van der Waals surface area (Å²) in [5.74, 6) is -1.18. The maximum absolute atomic E-state index is 11.9. The highest BCUT2D eigenvalue weighted by Gasteiger charge is 2.37. The summed E-state index contributed by atoms with van der Waals surface area (Å²) in [6.07, 6.45) is 2.97. The van der Waals surface area contributed by atoms with Crippen LogP contribution in [-0.4, -0.2) is 53.1 Å². The van der Waals surface area contributed by atoms with E-state index in [1.54, 1.807) is 9.80 Å². The zero-order valence-corrected chi connectivity index (χ0v) is 9.35. The highest BCUT2D eigenvalue weighted by molar-refractivity contribution is 5.80. The Hall–Kier alpha value is -1.52. The molecule has 2 aliphatic heterocycles. The van der Waals surface area contributed by atoms with Gasteiger partial charge in [0.2, 0.25) is 0 Å². The number of nitrogens with zero attached hydrogens (tertiary/aromatic N) is 2. The molecule has 0 spiro atoms. The number of amides is 2. The predicted molar refractivity (Wildman–Crippen MR) is 58.0 cm³/mol. The van der Waals surface area contributed by atoms with Crippen LogP contribution in [0.3, 0.4) is 0 Å². The Morgan fingerprint density at radius 2 is 2.06 bits per heavy atom. The number of rotatable bonds is 1. The lowest BCUT2D eigenvalue weighted by Crippen LogP contribution is -2.57. The molecule has 2 amide bonds. The third kappa shape index (κ3) is 2.03. The average Bonchev–Trinajstić information content (AvgIpc) is 2.15. The van der Waals surface area contributed by atoms with Crippen molar-refractivity contribution in [1.82, 2.24) is 9.80 Å². The van der Waals surface area contributed by atoms with E-state index in [9.17, 15) is 9.59 Å². The van der Waals surface area contributed by atoms with Gasteiger partial charge in [0.1, 0.15) is 0 Å². The highest BCUT2D eigenvalue weighted by Crippen LogP contribution is 2.19. The molecule has 0 radical (unpaired) electrons. The molecule has 0 atom stereocenters. The monoisotopic (exact) mass is 224 g/mol. The molecule has 1 saturated heterocycles. The van der Waals surface area contributed by atoms with Crippen molar-refractivity contribution in [1.29, 1.82) is 0 Å². The second kappa shape index (κ2) is 4.15. The number of carboxylic acids is 1. The average molecular weight is 224 g/mol. The molecule has 0 aromatic rings. The van der Waals surface area contributed by atoms with E-state index >= 15 is 0 Å². The van der Waals surface area contributed by atoms with Crippen LogP contribution in [0.4, 0.5) is 4.79 Å². The normalized spacial score (nSPS) is 21.4. The van der Waals surface area contributed by atoms with Gasteiger partial charge in [0, 0.05) is 26.2 Å². The SMILES string of the molecule is CC1=CCN(C(=O)N2CC(C(=O)O)C2)CC1. The summed E-state index contributed by atoms with van der Waals surface area (Å²) in [4.78, 5) is 25.9. The highest BCUT2D eigenvalue weighted by atomic mass is 16.4. The maximum Gasteiger partial charge on any atom is 0.320 e. The summed E-state index contributed by atoms with van der Waals surface area (Å²) < 4.78 is 0. The Bertz CT molecular complexity index is 345. The first kappa shape index (κ1) is 11.0. The van der Waals surface area contributed by atoms with Crippen molar-refractivity contribution in [2.75, 3.05) is 26.2 Å². The van der Waals surface area contributed by atoms with Crippen LogP contribution in [0, 0.1) is 5.92 Å². The molecule has 0 unspecified atom stereocenters. The van der Waals surface area contributed by atoms with Gasteiger partial charge in [-0.1, -0.05) is 11.6 Å². The number of hydrogen-bond acceptors (Lipinski definition) is 2. The first-order chi connectivity index (χ1) is 7.58. The minimum absolute atomic E-state index is 0.0266. The molecule has 5 nitrogen and oxygen atoms in total. The van der Waals surface area contributed by atoms with Gasteiger partial charge in [-0.2, -0.15) is 0 Å². The van der Waals surface area contributed by atoms with Gasteiger partial charge < -0.3 is 14.9 Å². The van der Waals surface area contributed by atoms with Crippen molar-refractivity contribution in [2.24, 2.45) is 5.92 Å². The lowest BCUT2D eigenvalue weighted by atomic mass is 10.0. The molecular formula is C11H16N2O3. The minimum Gasteiger partial charge on any atom is -0.481 e. The summed E-state index contributed by atoms with van der Waals surface area (Å²) in [6, 6.07) is -0.0266. The Morgan fingerprint density at radius 3 is 2.56 bits per heavy atom. The number of aliphatic carboxylic acids is 1. The minimum atomic E-state index is -0.807. The molecule has 2 rings (SSSR count). The Labute approximate surface area is 94.3 Å². The van der Waals surface area contributed by atoms with Crippen LogP contribution in [0.15, 0.2) is 11.6 Å². The van der Waals surface area contributed by atoms with Crippen molar-refractivity contribution in [3.05, 3.63) is 11.6 Å². The molecule has 0 aromatic carbocycles. The van der Waals surface area contributed by atoms with Crippen molar-refractivity contribution in [2.45, 2.75) is 13.3 Å². The number of carbonyl (C=O) groups excluding carboxylic acids is 1. The molecule has 5 heteroatoms. The van der Waals surface area contributed by atoms with Gasteiger partial charge in [0.05, 0.1) is 5.92 Å². The molecule has 0 saturated carbocycles. The fourth-order valence-electron chi connectivity index (χ4n) is 1.94. The number of carbonyl (C=O) groups is 2. The Kier molecular flexibility index (Phi) is 2.85. The van der Waals surface area contributed by atoms with Gasteiger partial charge in [-0.05, 0) is 13.3 Å². The zero-order valence-electron chi connectivity index (χ0n) is 9.35. The summed E-state index contributed by atoms with van der Waals surface area (Å²) in [7, 11) is 0. The largest absolute Gasteiger partial charge is 0.481 e. The van der Waals surface area contributed by atoms with Crippen LogP contribution in [0.5, 0.6) is 0 Å². The molecule has 0 bridgehead atoms. The Morgan fingerprint density at radius 1 is 1.38 bits per heavy atom. The van der Waals surface area contributed by atoms with Crippen LogP contribution in [0.1, 0.15) is 13.3 Å². The van der Waals surface area contributed by atoms with Gasteiger partial charge in [0.15, 0.2) is 0 Å². The molecule has 2 heterocycles. The third-order valence-corrected chi connectivity index (χ3v) is 3.21. The lowest BCUT2D eigenvalue weighted by Gasteiger charge is -2.40. The lowest BCUT2D eigenvalue weighted by molar-refractivity contribution is -0.146. The van der Waals surface area contributed by atoms with Gasteiger partial charge in [-0.3, -0.25) is 4.79 Å². The van der Waals surface area contributed by atoms with Crippen LogP contribution in [-0.2, 0) is 4.79 Å². The number of carboxylic acid groups (broad SMARTS) is 1. The smallest absolute Gasteiger partial charge is 0.320 e. The van der Waals surface area contributed by atoms with E-state index in [1.807, 2.05) is 0 Å². The summed E-state index contributed by atoms with van der Waals surface area (Å²) in [5, 5.41) is 8.72. The standard InChI is InChI=1S/C11H16N2O3/c1-8-2-4-12(5-3-8)11(16)13-6-9(7-13)10(14)15/h2,9H,3-7H2,1H3,(H,14,15). The van der Waals surface area contributed by atoms with Gasteiger partial charge >= 0.3 is 12.0 Å². The van der Waals surface area contributed by atoms with E-state index in [4.69, 9.17) is 5.11 Å². The molecule has 1 N–H and O–H groups in total. The first-order valence-corrected chi connectivity index (χ1v) is 5.50. The molecule has 2 aliphatic rings. The molecule has 0 aromatic heterocycles. The number of urea groups is 1. The van der Waals surface area contributed by atoms with Crippen LogP contribution >= 0.6 is 0 Å². The topological polar surface area (TPSA) is 60.9 Å². The molecule has 16 heavy (non-hydrogen) atoms. The Balaban J connectivity index is 1.84.